The van der Waals surface area contributed by atoms with Gasteiger partial charge in [-0.1, -0.05) is 51.0 Å². The number of imidazole rings is 1. The summed E-state index contributed by atoms with van der Waals surface area (Å²) in [5.74, 6) is 0.582. The first-order valence-corrected chi connectivity index (χ1v) is 11.7. The summed E-state index contributed by atoms with van der Waals surface area (Å²) >= 11 is 0. The number of unbranched alkanes of at least 4 members (excludes halogenated alkanes) is 2. The van der Waals surface area contributed by atoms with Gasteiger partial charge in [0.25, 0.3) is 0 Å². The lowest BCUT2D eigenvalue weighted by Crippen LogP contribution is -2.26. The van der Waals surface area contributed by atoms with Gasteiger partial charge in [0.1, 0.15) is 0 Å². The Labute approximate surface area is 193 Å². The van der Waals surface area contributed by atoms with E-state index in [1.54, 1.807) is 6.20 Å². The van der Waals surface area contributed by atoms with E-state index >= 15 is 0 Å². The zero-order chi connectivity index (χ0) is 23.2. The molecule has 1 N–H and O–H groups in total. The van der Waals surface area contributed by atoms with Crippen LogP contribution in [0.1, 0.15) is 56.5 Å². The second-order valence-electron chi connectivity index (χ2n) is 8.36. The molecule has 3 heterocycles. The Balaban J connectivity index is 1.63. The van der Waals surface area contributed by atoms with Gasteiger partial charge in [-0.3, -0.25) is 14.1 Å². The number of nitrogens with zero attached hydrogens (tertiary/aromatic N) is 6. The maximum Gasteiger partial charge on any atom is 0.328 e. The highest BCUT2D eigenvalue weighted by Gasteiger charge is 2.17. The molecule has 0 saturated heterocycles. The average molecular weight is 446 g/mol. The third-order valence-corrected chi connectivity index (χ3v) is 6.05. The normalized spacial score (nSPS) is 11.2. The first-order valence-electron chi connectivity index (χ1n) is 11.7. The predicted molar refractivity (Wildman–Crippen MR) is 129 cm³/mol. The van der Waals surface area contributed by atoms with Crippen molar-refractivity contribution >= 4 is 0 Å². The van der Waals surface area contributed by atoms with Crippen LogP contribution in [0.25, 0.3) is 22.6 Å². The number of benzene rings is 1. The fourth-order valence-electron chi connectivity index (χ4n) is 4.31. The fraction of sp³-hybridized carbons (Fsp3) is 0.400. The zero-order valence-corrected chi connectivity index (χ0v) is 19.6. The summed E-state index contributed by atoms with van der Waals surface area (Å²) in [6.07, 6.45) is 7.09. The van der Waals surface area contributed by atoms with Gasteiger partial charge < -0.3 is 0 Å². The van der Waals surface area contributed by atoms with Crippen molar-refractivity contribution < 1.29 is 0 Å². The van der Waals surface area contributed by atoms with Crippen LogP contribution in [0.15, 0.2) is 47.4 Å². The van der Waals surface area contributed by atoms with Crippen molar-refractivity contribution in [2.45, 2.75) is 66.0 Å². The second-order valence-corrected chi connectivity index (χ2v) is 8.36. The van der Waals surface area contributed by atoms with Crippen LogP contribution >= 0.6 is 0 Å². The Morgan fingerprint density at radius 3 is 2.52 bits per heavy atom. The molecular formula is C25H31N7O. The van der Waals surface area contributed by atoms with E-state index in [-0.39, 0.29) is 5.69 Å². The zero-order valence-electron chi connectivity index (χ0n) is 19.6. The number of H-pyrrole nitrogens is 1. The molecule has 4 rings (SSSR count). The molecule has 0 aliphatic rings. The lowest BCUT2D eigenvalue weighted by Gasteiger charge is -2.10. The molecule has 4 aromatic rings. The molecule has 3 aromatic heterocycles. The third kappa shape index (κ3) is 4.79. The van der Waals surface area contributed by atoms with Crippen molar-refractivity contribution in [3.63, 3.8) is 0 Å². The van der Waals surface area contributed by atoms with Crippen LogP contribution in [-0.4, -0.2) is 34.7 Å². The number of tetrazole rings is 1. The monoisotopic (exact) mass is 445 g/mol. The van der Waals surface area contributed by atoms with Crippen LogP contribution in [0.4, 0.5) is 0 Å². The molecule has 0 aliphatic carbocycles. The van der Waals surface area contributed by atoms with Gasteiger partial charge in [0.2, 0.25) is 0 Å². The minimum Gasteiger partial charge on any atom is -0.296 e. The van der Waals surface area contributed by atoms with Crippen molar-refractivity contribution in [2.75, 3.05) is 0 Å². The molecule has 0 aliphatic heterocycles. The molecule has 0 atom stereocenters. The Bertz CT molecular complexity index is 1240. The molecular weight excluding hydrogens is 414 g/mol. The number of aromatic nitrogens is 7. The summed E-state index contributed by atoms with van der Waals surface area (Å²) < 4.78 is 3.89. The van der Waals surface area contributed by atoms with Gasteiger partial charge in [-0.15, -0.1) is 5.10 Å². The summed E-state index contributed by atoms with van der Waals surface area (Å²) in [5, 5.41) is 14.2. The van der Waals surface area contributed by atoms with Gasteiger partial charge in [-0.05, 0) is 54.3 Å². The standard InChI is InChI=1S/C25H31N7O/c1-4-6-7-10-22-18(3)31(16-5-2)25(33)32(22)17-19-11-13-20(14-12-19)23-21(9-8-15-26-23)24-27-29-30-28-24/h8-9,11-15H,4-7,10,16-17H2,1-3H3,(H,27,28,29,30). The molecule has 0 fully saturated rings. The fourth-order valence-corrected chi connectivity index (χ4v) is 4.31. The van der Waals surface area contributed by atoms with E-state index in [2.05, 4.69) is 58.5 Å². The average Bonchev–Trinajstić information content (AvgIpc) is 3.45. The summed E-state index contributed by atoms with van der Waals surface area (Å²) in [6, 6.07) is 12.0. The van der Waals surface area contributed by atoms with Crippen LogP contribution in [0.2, 0.25) is 0 Å². The van der Waals surface area contributed by atoms with E-state index in [0.717, 1.165) is 59.6 Å². The quantitative estimate of drug-likeness (QED) is 0.365. The molecule has 0 bridgehead atoms. The third-order valence-electron chi connectivity index (χ3n) is 6.05. The van der Waals surface area contributed by atoms with E-state index < -0.39 is 0 Å². The van der Waals surface area contributed by atoms with Gasteiger partial charge >= 0.3 is 5.69 Å². The van der Waals surface area contributed by atoms with Crippen LogP contribution in [0.3, 0.4) is 0 Å². The number of pyridine rings is 1. The molecule has 0 saturated carbocycles. The topological polar surface area (TPSA) is 94.3 Å². The minimum atomic E-state index is 0.0924. The maximum atomic E-state index is 13.2. The molecule has 172 valence electrons. The highest BCUT2D eigenvalue weighted by atomic mass is 16.1. The first-order chi connectivity index (χ1) is 16.1. The summed E-state index contributed by atoms with van der Waals surface area (Å²) in [6.45, 7) is 7.73. The largest absolute Gasteiger partial charge is 0.328 e. The number of hydrogen-bond donors (Lipinski definition) is 1. The number of nitrogens with one attached hydrogen (secondary N) is 1. The molecule has 0 radical (unpaired) electrons. The SMILES string of the molecule is CCCCCc1c(C)n(CCC)c(=O)n1Cc1ccc(-c2ncccc2-c2nnn[nH]2)cc1. The Kier molecular flexibility index (Phi) is 7.12. The Hall–Kier alpha value is -3.55. The van der Waals surface area contributed by atoms with E-state index in [9.17, 15) is 4.79 Å². The molecule has 0 amide bonds. The van der Waals surface area contributed by atoms with Crippen LogP contribution < -0.4 is 5.69 Å². The van der Waals surface area contributed by atoms with E-state index in [0.29, 0.717) is 12.4 Å². The van der Waals surface area contributed by atoms with Crippen LogP contribution in [0, 0.1) is 6.92 Å². The number of aromatic amines is 1. The molecule has 8 nitrogen and oxygen atoms in total. The Morgan fingerprint density at radius 1 is 1.00 bits per heavy atom. The minimum absolute atomic E-state index is 0.0924. The van der Waals surface area contributed by atoms with Gasteiger partial charge in [-0.2, -0.15) is 0 Å². The lowest BCUT2D eigenvalue weighted by atomic mass is 10.0. The second kappa shape index (κ2) is 10.4. The number of rotatable bonds is 10. The molecule has 33 heavy (non-hydrogen) atoms. The summed E-state index contributed by atoms with van der Waals surface area (Å²) in [5.41, 5.74) is 6.08. The maximum absolute atomic E-state index is 13.2. The van der Waals surface area contributed by atoms with Crippen molar-refractivity contribution in [2.24, 2.45) is 0 Å². The van der Waals surface area contributed by atoms with Crippen molar-refractivity contribution in [3.05, 3.63) is 70.0 Å². The highest BCUT2D eigenvalue weighted by molar-refractivity contribution is 5.76. The molecule has 1 aromatic carbocycles. The summed E-state index contributed by atoms with van der Waals surface area (Å²) in [4.78, 5) is 17.7. The first kappa shape index (κ1) is 22.6. The van der Waals surface area contributed by atoms with E-state index in [4.69, 9.17) is 0 Å². The Morgan fingerprint density at radius 2 is 1.82 bits per heavy atom. The van der Waals surface area contributed by atoms with Gasteiger partial charge in [-0.25, -0.2) is 9.89 Å². The molecule has 8 heteroatoms. The van der Waals surface area contributed by atoms with E-state index in [1.165, 1.54) is 12.8 Å². The lowest BCUT2D eigenvalue weighted by molar-refractivity contribution is 0.610. The smallest absolute Gasteiger partial charge is 0.296 e. The summed E-state index contributed by atoms with van der Waals surface area (Å²) in [7, 11) is 0. The van der Waals surface area contributed by atoms with Crippen molar-refractivity contribution in [1.29, 1.82) is 0 Å². The van der Waals surface area contributed by atoms with Crippen molar-refractivity contribution in [1.82, 2.24) is 34.7 Å². The van der Waals surface area contributed by atoms with Gasteiger partial charge in [0.15, 0.2) is 5.82 Å². The predicted octanol–water partition coefficient (Wildman–Crippen LogP) is 4.39. The molecule has 0 spiro atoms. The molecule has 0 unspecified atom stereocenters. The van der Waals surface area contributed by atoms with Gasteiger partial charge in [0, 0.05) is 35.3 Å². The highest BCUT2D eigenvalue weighted by Crippen LogP contribution is 2.27. The van der Waals surface area contributed by atoms with E-state index in [1.807, 2.05) is 33.4 Å². The number of hydrogen-bond acceptors (Lipinski definition) is 5. The van der Waals surface area contributed by atoms with Gasteiger partial charge in [0.05, 0.1) is 12.2 Å². The van der Waals surface area contributed by atoms with Crippen LogP contribution in [0.5, 0.6) is 0 Å². The van der Waals surface area contributed by atoms with Crippen LogP contribution in [-0.2, 0) is 19.5 Å². The van der Waals surface area contributed by atoms with Crippen molar-refractivity contribution in [3.8, 4) is 22.6 Å².